The van der Waals surface area contributed by atoms with Crippen molar-refractivity contribution in [3.63, 3.8) is 0 Å². The summed E-state index contributed by atoms with van der Waals surface area (Å²) < 4.78 is 14.4. The molecule has 0 aliphatic rings. The van der Waals surface area contributed by atoms with E-state index in [4.69, 9.17) is 0 Å². The Morgan fingerprint density at radius 3 is 2.67 bits per heavy atom. The van der Waals surface area contributed by atoms with Gasteiger partial charge in [0, 0.05) is 9.35 Å². The number of nitrogens with zero attached hydrogens (tertiary/aromatic N) is 1. The Bertz CT molecular complexity index is 548. The fourth-order valence-corrected chi connectivity index (χ4v) is 3.24. The number of hydrogen-bond donors (Lipinski definition) is 1. The number of hydrogen-bond acceptors (Lipinski definition) is 3. The van der Waals surface area contributed by atoms with Gasteiger partial charge in [0.1, 0.15) is 5.82 Å². The summed E-state index contributed by atoms with van der Waals surface area (Å²) in [5, 5.41) is 4.20. The molecule has 1 heterocycles. The summed E-state index contributed by atoms with van der Waals surface area (Å²) in [6, 6.07) is 4.91. The molecule has 96 valence electrons. The van der Waals surface area contributed by atoms with Crippen LogP contribution in [-0.2, 0) is 0 Å². The molecule has 0 aliphatic carbocycles. The summed E-state index contributed by atoms with van der Waals surface area (Å²) in [7, 11) is 0. The van der Waals surface area contributed by atoms with Gasteiger partial charge in [-0.3, -0.25) is 0 Å². The van der Waals surface area contributed by atoms with Crippen molar-refractivity contribution in [3.05, 3.63) is 44.1 Å². The van der Waals surface area contributed by atoms with E-state index in [1.807, 2.05) is 26.8 Å². The second kappa shape index (κ2) is 5.36. The van der Waals surface area contributed by atoms with E-state index in [9.17, 15) is 4.39 Å². The Morgan fingerprint density at radius 1 is 1.39 bits per heavy atom. The van der Waals surface area contributed by atoms with Crippen molar-refractivity contribution in [1.82, 2.24) is 4.98 Å². The molecule has 1 N–H and O–H groups in total. The van der Waals surface area contributed by atoms with Crippen LogP contribution in [0.1, 0.15) is 28.5 Å². The number of benzene rings is 1. The van der Waals surface area contributed by atoms with E-state index >= 15 is 0 Å². The Hall–Kier alpha value is -0.940. The Kier molecular flexibility index (Phi) is 4.02. The molecule has 0 radical (unpaired) electrons. The quantitative estimate of drug-likeness (QED) is 0.872. The maximum Gasteiger partial charge on any atom is 0.147 e. The zero-order valence-corrected chi connectivity index (χ0v) is 12.8. The summed E-state index contributed by atoms with van der Waals surface area (Å²) in [5.74, 6) is -0.263. The Morgan fingerprint density at radius 2 is 2.11 bits per heavy atom. The van der Waals surface area contributed by atoms with E-state index in [-0.39, 0.29) is 11.9 Å². The van der Waals surface area contributed by atoms with Gasteiger partial charge in [0.2, 0.25) is 0 Å². The van der Waals surface area contributed by atoms with Crippen molar-refractivity contribution < 1.29 is 4.39 Å². The summed E-state index contributed by atoms with van der Waals surface area (Å²) in [4.78, 5) is 5.65. The highest BCUT2D eigenvalue weighted by atomic mass is 79.9. The third kappa shape index (κ3) is 2.72. The minimum absolute atomic E-state index is 0.0249. The van der Waals surface area contributed by atoms with Gasteiger partial charge in [-0.2, -0.15) is 0 Å². The molecule has 0 bridgehead atoms. The van der Waals surface area contributed by atoms with Crippen LogP contribution in [0.4, 0.5) is 10.1 Å². The van der Waals surface area contributed by atoms with E-state index < -0.39 is 0 Å². The van der Waals surface area contributed by atoms with Gasteiger partial charge in [-0.05, 0) is 48.8 Å². The maximum absolute atomic E-state index is 13.7. The molecule has 0 aliphatic heterocycles. The van der Waals surface area contributed by atoms with Crippen LogP contribution in [0, 0.1) is 19.7 Å². The van der Waals surface area contributed by atoms with Crippen molar-refractivity contribution in [2.24, 2.45) is 0 Å². The first-order chi connectivity index (χ1) is 8.49. The number of anilines is 1. The molecule has 2 rings (SSSR count). The molecule has 2 aromatic rings. The minimum atomic E-state index is -0.263. The molecule has 1 aromatic heterocycles. The van der Waals surface area contributed by atoms with Crippen LogP contribution >= 0.6 is 27.3 Å². The third-order valence-corrected chi connectivity index (χ3v) is 4.24. The molecule has 1 atom stereocenters. The number of halogens is 2. The smallest absolute Gasteiger partial charge is 0.147 e. The van der Waals surface area contributed by atoms with Crippen LogP contribution in [-0.4, -0.2) is 4.98 Å². The lowest BCUT2D eigenvalue weighted by molar-refractivity contribution is 0.626. The third-order valence-electron chi connectivity index (χ3n) is 2.67. The average molecular weight is 329 g/mol. The van der Waals surface area contributed by atoms with Crippen LogP contribution in [0.25, 0.3) is 0 Å². The standard InChI is InChI=1S/C13H14BrFN2S/c1-7(12-8(2)18-9(3)17-12)16-13-10(14)5-4-6-11(13)15/h4-7,16H,1-3H3. The van der Waals surface area contributed by atoms with E-state index in [1.165, 1.54) is 10.9 Å². The molecule has 0 saturated carbocycles. The van der Waals surface area contributed by atoms with E-state index in [0.29, 0.717) is 5.69 Å². The van der Waals surface area contributed by atoms with Crippen LogP contribution in [0.2, 0.25) is 0 Å². The van der Waals surface area contributed by atoms with Crippen molar-refractivity contribution in [2.45, 2.75) is 26.8 Å². The van der Waals surface area contributed by atoms with Gasteiger partial charge in [-0.15, -0.1) is 11.3 Å². The SMILES string of the molecule is Cc1nc(C(C)Nc2c(F)cccc2Br)c(C)s1. The van der Waals surface area contributed by atoms with Crippen LogP contribution in [0.3, 0.4) is 0 Å². The molecule has 1 aromatic carbocycles. The highest BCUT2D eigenvalue weighted by Crippen LogP contribution is 2.30. The average Bonchev–Trinajstić information content (AvgIpc) is 2.63. The van der Waals surface area contributed by atoms with Crippen LogP contribution < -0.4 is 5.32 Å². The predicted octanol–water partition coefficient (Wildman–Crippen LogP) is 4.83. The van der Waals surface area contributed by atoms with Crippen molar-refractivity contribution in [1.29, 1.82) is 0 Å². The summed E-state index contributed by atoms with van der Waals surface area (Å²) in [6.45, 7) is 6.00. The van der Waals surface area contributed by atoms with Crippen molar-refractivity contribution >= 4 is 33.0 Å². The molecule has 0 fully saturated rings. The number of para-hydroxylation sites is 1. The Balaban J connectivity index is 2.26. The highest BCUT2D eigenvalue weighted by Gasteiger charge is 2.15. The second-order valence-corrected chi connectivity index (χ2v) is 6.40. The normalized spacial score (nSPS) is 12.5. The van der Waals surface area contributed by atoms with Gasteiger partial charge in [0.25, 0.3) is 0 Å². The van der Waals surface area contributed by atoms with E-state index in [0.717, 1.165) is 15.2 Å². The molecule has 0 amide bonds. The number of nitrogens with one attached hydrogen (secondary N) is 1. The van der Waals surface area contributed by atoms with Crippen molar-refractivity contribution in [2.75, 3.05) is 5.32 Å². The molecular formula is C13H14BrFN2S. The Labute approximate surface area is 118 Å². The number of aryl methyl sites for hydroxylation is 2. The fraction of sp³-hybridized carbons (Fsp3) is 0.308. The molecule has 5 heteroatoms. The van der Waals surface area contributed by atoms with Gasteiger partial charge in [-0.25, -0.2) is 9.37 Å². The summed E-state index contributed by atoms with van der Waals surface area (Å²) in [5.41, 5.74) is 1.46. The lowest BCUT2D eigenvalue weighted by Crippen LogP contribution is -2.10. The molecule has 18 heavy (non-hydrogen) atoms. The molecule has 2 nitrogen and oxygen atoms in total. The van der Waals surface area contributed by atoms with Crippen molar-refractivity contribution in [3.8, 4) is 0 Å². The van der Waals surface area contributed by atoms with E-state index in [2.05, 4.69) is 26.2 Å². The first kappa shape index (κ1) is 13.5. The minimum Gasteiger partial charge on any atom is -0.374 e. The lowest BCUT2D eigenvalue weighted by Gasteiger charge is -2.16. The summed E-state index contributed by atoms with van der Waals surface area (Å²) in [6.07, 6.45) is 0. The number of thiazole rings is 1. The largest absolute Gasteiger partial charge is 0.374 e. The molecule has 0 saturated heterocycles. The summed E-state index contributed by atoms with van der Waals surface area (Å²) >= 11 is 5.01. The van der Waals surface area contributed by atoms with Gasteiger partial charge in [0.15, 0.2) is 0 Å². The first-order valence-corrected chi connectivity index (χ1v) is 7.24. The predicted molar refractivity (Wildman–Crippen MR) is 77.7 cm³/mol. The van der Waals surface area contributed by atoms with Gasteiger partial charge in [-0.1, -0.05) is 6.07 Å². The van der Waals surface area contributed by atoms with Gasteiger partial charge < -0.3 is 5.32 Å². The molecule has 0 spiro atoms. The number of aromatic nitrogens is 1. The van der Waals surface area contributed by atoms with Crippen LogP contribution in [0.15, 0.2) is 22.7 Å². The second-order valence-electron chi connectivity index (χ2n) is 4.14. The zero-order valence-electron chi connectivity index (χ0n) is 10.4. The zero-order chi connectivity index (χ0) is 13.3. The first-order valence-electron chi connectivity index (χ1n) is 5.63. The lowest BCUT2D eigenvalue weighted by atomic mass is 10.2. The highest BCUT2D eigenvalue weighted by molar-refractivity contribution is 9.10. The molecular weight excluding hydrogens is 315 g/mol. The maximum atomic E-state index is 13.7. The van der Waals surface area contributed by atoms with Gasteiger partial charge >= 0.3 is 0 Å². The van der Waals surface area contributed by atoms with Crippen LogP contribution in [0.5, 0.6) is 0 Å². The van der Waals surface area contributed by atoms with E-state index in [1.54, 1.807) is 17.4 Å². The monoisotopic (exact) mass is 328 g/mol. The fourth-order valence-electron chi connectivity index (χ4n) is 1.87. The van der Waals surface area contributed by atoms with Gasteiger partial charge in [0.05, 0.1) is 22.4 Å². The topological polar surface area (TPSA) is 24.9 Å². The number of rotatable bonds is 3. The molecule has 1 unspecified atom stereocenters.